The maximum absolute atomic E-state index is 14.4. The van der Waals surface area contributed by atoms with E-state index in [1.165, 1.54) is 12.0 Å². The Balaban J connectivity index is 1.53. The van der Waals surface area contributed by atoms with E-state index in [0.717, 1.165) is 22.3 Å². The Hall–Kier alpha value is -6.23. The number of methoxy groups -OCH3 is 1. The van der Waals surface area contributed by atoms with Crippen LogP contribution in [0, 0.1) is 0 Å². The summed E-state index contributed by atoms with van der Waals surface area (Å²) in [5.74, 6) is -1.87. The molecule has 0 spiro atoms. The first kappa shape index (κ1) is 39.0. The average molecular weight is 731 g/mol. The lowest BCUT2D eigenvalue weighted by molar-refractivity contribution is -0.159. The Bertz CT molecular complexity index is 1880. The summed E-state index contributed by atoms with van der Waals surface area (Å²) in [5.41, 5.74) is 2.50. The molecule has 0 aliphatic heterocycles. The molecule has 0 radical (unpaired) electrons. The van der Waals surface area contributed by atoms with Gasteiger partial charge in [-0.1, -0.05) is 121 Å². The molecule has 4 aromatic carbocycles. The molecule has 1 unspecified atom stereocenters. The van der Waals surface area contributed by atoms with Crippen LogP contribution in [0.4, 0.5) is 4.79 Å². The molecule has 5 rings (SSSR count). The first-order chi connectivity index (χ1) is 26.0. The lowest BCUT2D eigenvalue weighted by atomic mass is 9.77. The van der Waals surface area contributed by atoms with Crippen LogP contribution >= 0.6 is 0 Å². The number of carbonyl (C=O) groups is 4. The minimum Gasteiger partial charge on any atom is -0.469 e. The number of aromatic nitrogens is 2. The Morgan fingerprint density at radius 2 is 1.28 bits per heavy atom. The van der Waals surface area contributed by atoms with Gasteiger partial charge in [-0.3, -0.25) is 14.4 Å². The fourth-order valence-electron chi connectivity index (χ4n) is 6.30. The normalized spacial score (nSPS) is 11.9. The van der Waals surface area contributed by atoms with Gasteiger partial charge in [0, 0.05) is 19.2 Å². The van der Waals surface area contributed by atoms with Crippen molar-refractivity contribution in [3.8, 4) is 0 Å². The summed E-state index contributed by atoms with van der Waals surface area (Å²) in [5, 5.41) is 2.71. The number of rotatable bonds is 15. The van der Waals surface area contributed by atoms with Crippen molar-refractivity contribution in [2.24, 2.45) is 0 Å². The number of carbonyl (C=O) groups excluding carboxylic acids is 4. The molecule has 11 nitrogen and oxygen atoms in total. The number of ether oxygens (including phenoxy) is 3. The smallest absolute Gasteiger partial charge is 0.408 e. The molecule has 1 N–H and O–H groups in total. The van der Waals surface area contributed by atoms with Gasteiger partial charge in [-0.25, -0.2) is 9.78 Å². The lowest BCUT2D eigenvalue weighted by Gasteiger charge is -2.37. The van der Waals surface area contributed by atoms with Crippen molar-refractivity contribution in [3.05, 3.63) is 162 Å². The van der Waals surface area contributed by atoms with Crippen LogP contribution in [-0.4, -0.2) is 70.2 Å². The number of amides is 2. The fraction of sp³-hybridized carbons (Fsp3) is 0.279. The van der Waals surface area contributed by atoms with E-state index in [9.17, 15) is 19.2 Å². The molecule has 1 atom stereocenters. The molecule has 0 aliphatic carbocycles. The topological polar surface area (TPSA) is 129 Å². The summed E-state index contributed by atoms with van der Waals surface area (Å²) in [4.78, 5) is 58.8. The third-order valence-electron chi connectivity index (χ3n) is 8.68. The number of nitrogens with zero attached hydrogens (tertiary/aromatic N) is 3. The second-order valence-corrected chi connectivity index (χ2v) is 13.7. The van der Waals surface area contributed by atoms with Crippen molar-refractivity contribution in [3.63, 3.8) is 0 Å². The van der Waals surface area contributed by atoms with E-state index in [-0.39, 0.29) is 26.0 Å². The van der Waals surface area contributed by atoms with Crippen molar-refractivity contribution >= 4 is 23.9 Å². The molecule has 0 saturated heterocycles. The van der Waals surface area contributed by atoms with Gasteiger partial charge in [0.05, 0.1) is 25.6 Å². The van der Waals surface area contributed by atoms with Crippen LogP contribution in [0.1, 0.15) is 55.1 Å². The highest BCUT2D eigenvalue weighted by atomic mass is 16.6. The minimum absolute atomic E-state index is 0.0279. The van der Waals surface area contributed by atoms with Gasteiger partial charge in [0.15, 0.2) is 0 Å². The van der Waals surface area contributed by atoms with Crippen LogP contribution in [0.3, 0.4) is 0 Å². The lowest BCUT2D eigenvalue weighted by Crippen LogP contribution is -2.52. The summed E-state index contributed by atoms with van der Waals surface area (Å²) < 4.78 is 17.8. The minimum atomic E-state index is -1.24. The van der Waals surface area contributed by atoms with Crippen LogP contribution in [0.5, 0.6) is 0 Å². The number of hydrogen-bond donors (Lipinski definition) is 1. The number of imidazole rings is 1. The van der Waals surface area contributed by atoms with E-state index >= 15 is 0 Å². The van der Waals surface area contributed by atoms with E-state index in [1.54, 1.807) is 27.1 Å². The Morgan fingerprint density at radius 3 is 1.78 bits per heavy atom. The van der Waals surface area contributed by atoms with Gasteiger partial charge in [-0.05, 0) is 43.0 Å². The third kappa shape index (κ3) is 10.0. The van der Waals surface area contributed by atoms with Crippen molar-refractivity contribution in [1.82, 2.24) is 19.8 Å². The molecule has 0 aliphatic rings. The van der Waals surface area contributed by atoms with E-state index in [4.69, 9.17) is 19.2 Å². The Labute approximate surface area is 315 Å². The highest BCUT2D eigenvalue weighted by molar-refractivity contribution is 5.89. The highest BCUT2D eigenvalue weighted by Crippen LogP contribution is 2.40. The van der Waals surface area contributed by atoms with Gasteiger partial charge < -0.3 is 29.0 Å². The van der Waals surface area contributed by atoms with E-state index < -0.39 is 47.7 Å². The van der Waals surface area contributed by atoms with Crippen molar-refractivity contribution in [2.45, 2.75) is 57.4 Å². The summed E-state index contributed by atoms with van der Waals surface area (Å²) >= 11 is 0. The maximum Gasteiger partial charge on any atom is 0.408 e. The van der Waals surface area contributed by atoms with Crippen LogP contribution in [0.25, 0.3) is 0 Å². The molecular weight excluding hydrogens is 684 g/mol. The Kier molecular flexibility index (Phi) is 13.0. The van der Waals surface area contributed by atoms with Gasteiger partial charge in [0.1, 0.15) is 30.3 Å². The molecule has 2 amide bonds. The molecule has 54 heavy (non-hydrogen) atoms. The SMILES string of the molecule is COC(=O)CCN(CC(=O)OC(C)(C)C)C(=O)C(Cc1cn(C(c2ccccc2)(c2ccccc2)c2ccccc2)cn1)NC(=O)OCc1ccccc1. The quantitative estimate of drug-likeness (QED) is 0.0756. The van der Waals surface area contributed by atoms with Crippen LogP contribution in [0.15, 0.2) is 134 Å². The van der Waals surface area contributed by atoms with Crippen molar-refractivity contribution < 1.29 is 33.4 Å². The van der Waals surface area contributed by atoms with E-state index in [2.05, 4.69) is 41.7 Å². The highest BCUT2D eigenvalue weighted by Gasteiger charge is 2.39. The first-order valence-electron chi connectivity index (χ1n) is 17.7. The third-order valence-corrected chi connectivity index (χ3v) is 8.68. The number of hydrogen-bond acceptors (Lipinski definition) is 8. The zero-order chi connectivity index (χ0) is 38.6. The molecule has 11 heteroatoms. The summed E-state index contributed by atoms with van der Waals surface area (Å²) in [6.07, 6.45) is 2.49. The van der Waals surface area contributed by atoms with Crippen LogP contribution in [0.2, 0.25) is 0 Å². The fourth-order valence-corrected chi connectivity index (χ4v) is 6.30. The second kappa shape index (κ2) is 18.0. The summed E-state index contributed by atoms with van der Waals surface area (Å²) in [7, 11) is 1.24. The maximum atomic E-state index is 14.4. The van der Waals surface area contributed by atoms with Crippen LogP contribution < -0.4 is 5.32 Å². The number of esters is 2. The van der Waals surface area contributed by atoms with Gasteiger partial charge >= 0.3 is 18.0 Å². The zero-order valence-electron chi connectivity index (χ0n) is 31.0. The molecule has 0 bridgehead atoms. The van der Waals surface area contributed by atoms with Gasteiger partial charge in [-0.2, -0.15) is 0 Å². The van der Waals surface area contributed by atoms with Gasteiger partial charge in [0.2, 0.25) is 5.91 Å². The molecule has 0 fully saturated rings. The van der Waals surface area contributed by atoms with E-state index in [1.807, 2.05) is 95.7 Å². The molecule has 1 aromatic heterocycles. The molecular formula is C43H46N4O7. The molecule has 280 valence electrons. The molecule has 0 saturated carbocycles. The largest absolute Gasteiger partial charge is 0.469 e. The van der Waals surface area contributed by atoms with E-state index in [0.29, 0.717) is 5.69 Å². The first-order valence-corrected chi connectivity index (χ1v) is 17.7. The second-order valence-electron chi connectivity index (χ2n) is 13.7. The summed E-state index contributed by atoms with van der Waals surface area (Å²) in [6, 6.07) is 38.1. The summed E-state index contributed by atoms with van der Waals surface area (Å²) in [6.45, 7) is 4.51. The number of benzene rings is 4. The van der Waals surface area contributed by atoms with Crippen molar-refractivity contribution in [1.29, 1.82) is 0 Å². The monoisotopic (exact) mass is 730 g/mol. The average Bonchev–Trinajstić information content (AvgIpc) is 3.64. The molecule has 1 heterocycles. The van der Waals surface area contributed by atoms with Gasteiger partial charge in [-0.15, -0.1) is 0 Å². The van der Waals surface area contributed by atoms with Crippen LogP contribution in [-0.2, 0) is 47.2 Å². The predicted molar refractivity (Wildman–Crippen MR) is 203 cm³/mol. The predicted octanol–water partition coefficient (Wildman–Crippen LogP) is 6.29. The van der Waals surface area contributed by atoms with Gasteiger partial charge in [0.25, 0.3) is 0 Å². The molecule has 5 aromatic rings. The number of nitrogens with one attached hydrogen (secondary N) is 1. The Morgan fingerprint density at radius 1 is 0.759 bits per heavy atom. The number of alkyl carbamates (subject to hydrolysis) is 1. The zero-order valence-corrected chi connectivity index (χ0v) is 31.0. The van der Waals surface area contributed by atoms with Crippen molar-refractivity contribution in [2.75, 3.05) is 20.2 Å². The standard InChI is InChI=1S/C43H46N4O7/c1-42(2,3)54-39(49)29-46(26-25-38(48)52-4)40(50)37(45-41(51)53-30-32-17-9-5-10-18-32)27-36-28-47(31-44-36)43(33-19-11-6-12-20-33,34-21-13-7-14-22-34)35-23-15-8-16-24-35/h5-24,28,31,37H,25-27,29-30H2,1-4H3,(H,45,51).